The van der Waals surface area contributed by atoms with Crippen LogP contribution in [0.25, 0.3) is 0 Å². The zero-order valence-electron chi connectivity index (χ0n) is 14.8. The lowest BCUT2D eigenvalue weighted by Crippen LogP contribution is -2.43. The van der Waals surface area contributed by atoms with Crippen molar-refractivity contribution in [2.75, 3.05) is 19.6 Å². The molecular formula is C18H26N2O4S. The first-order chi connectivity index (χ1) is 11.9. The van der Waals surface area contributed by atoms with Gasteiger partial charge >= 0.3 is 5.97 Å². The topological polar surface area (TPSA) is 77.9 Å². The Hall–Kier alpha value is -1.89. The van der Waals surface area contributed by atoms with Crippen LogP contribution in [0.1, 0.15) is 38.0 Å². The molecule has 0 aromatic carbocycles. The Morgan fingerprint density at radius 1 is 1.36 bits per heavy atom. The highest BCUT2D eigenvalue weighted by Crippen LogP contribution is 2.21. The van der Waals surface area contributed by atoms with Gasteiger partial charge in [0.2, 0.25) is 11.8 Å². The van der Waals surface area contributed by atoms with E-state index in [4.69, 9.17) is 5.11 Å². The number of carbonyl (C=O) groups is 3. The molecule has 0 bridgehead atoms. The zero-order chi connectivity index (χ0) is 18.4. The SMILES string of the molecule is CC(=O)N(CC(=O)O)[C@@H]1CCCN(C(=O)[C@@H](C)Cc2cccs2)CC1. The van der Waals surface area contributed by atoms with Crippen molar-refractivity contribution in [1.29, 1.82) is 0 Å². The Morgan fingerprint density at radius 3 is 2.72 bits per heavy atom. The van der Waals surface area contributed by atoms with E-state index >= 15 is 0 Å². The van der Waals surface area contributed by atoms with Gasteiger partial charge in [0, 0.05) is 36.9 Å². The van der Waals surface area contributed by atoms with E-state index in [1.807, 2.05) is 29.3 Å². The molecule has 0 aliphatic carbocycles. The number of carbonyl (C=O) groups excluding carboxylic acids is 2. The van der Waals surface area contributed by atoms with Crippen LogP contribution in [0.2, 0.25) is 0 Å². The Balaban J connectivity index is 1.94. The fourth-order valence-electron chi connectivity index (χ4n) is 3.38. The van der Waals surface area contributed by atoms with Gasteiger partial charge in [0.25, 0.3) is 0 Å². The standard InChI is InChI=1S/C18H26N2O4S/c1-13(11-16-6-4-10-25-16)18(24)19-8-3-5-15(7-9-19)20(14(2)21)12-17(22)23/h4,6,10,13,15H,3,5,7-9,11-12H2,1-2H3,(H,22,23)/t13-,15+/m0/s1. The molecule has 0 radical (unpaired) electrons. The van der Waals surface area contributed by atoms with E-state index in [0.29, 0.717) is 19.5 Å². The van der Waals surface area contributed by atoms with Gasteiger partial charge in [-0.15, -0.1) is 11.3 Å². The lowest BCUT2D eigenvalue weighted by molar-refractivity contribution is -0.145. The second kappa shape index (κ2) is 8.99. The van der Waals surface area contributed by atoms with Crippen LogP contribution in [0.15, 0.2) is 17.5 Å². The van der Waals surface area contributed by atoms with Crippen LogP contribution in [-0.2, 0) is 20.8 Å². The molecule has 0 spiro atoms. The highest BCUT2D eigenvalue weighted by Gasteiger charge is 2.29. The summed E-state index contributed by atoms with van der Waals surface area (Å²) >= 11 is 1.66. The largest absolute Gasteiger partial charge is 0.480 e. The van der Waals surface area contributed by atoms with Crippen LogP contribution in [0, 0.1) is 5.92 Å². The van der Waals surface area contributed by atoms with Crippen molar-refractivity contribution in [2.45, 2.75) is 45.6 Å². The Bertz CT molecular complexity index is 602. The Morgan fingerprint density at radius 2 is 2.12 bits per heavy atom. The molecule has 1 aliphatic heterocycles. The monoisotopic (exact) mass is 366 g/mol. The smallest absolute Gasteiger partial charge is 0.323 e. The summed E-state index contributed by atoms with van der Waals surface area (Å²) in [4.78, 5) is 40.0. The highest BCUT2D eigenvalue weighted by molar-refractivity contribution is 7.09. The molecule has 2 rings (SSSR count). The highest BCUT2D eigenvalue weighted by atomic mass is 32.1. The van der Waals surface area contributed by atoms with Gasteiger partial charge in [-0.05, 0) is 37.1 Å². The summed E-state index contributed by atoms with van der Waals surface area (Å²) in [6.45, 7) is 4.32. The van der Waals surface area contributed by atoms with Gasteiger partial charge in [-0.2, -0.15) is 0 Å². The molecule has 6 nitrogen and oxygen atoms in total. The molecule has 1 aliphatic rings. The second-order valence-corrected chi connectivity index (χ2v) is 7.67. The molecule has 1 aromatic rings. The quantitative estimate of drug-likeness (QED) is 0.837. The van der Waals surface area contributed by atoms with Crippen molar-refractivity contribution in [3.8, 4) is 0 Å². The maximum absolute atomic E-state index is 12.7. The summed E-state index contributed by atoms with van der Waals surface area (Å²) in [7, 11) is 0. The van der Waals surface area contributed by atoms with Crippen molar-refractivity contribution in [2.24, 2.45) is 5.92 Å². The van der Waals surface area contributed by atoms with E-state index in [2.05, 4.69) is 0 Å². The van der Waals surface area contributed by atoms with Crippen LogP contribution in [-0.4, -0.2) is 58.4 Å². The molecule has 2 heterocycles. The average Bonchev–Trinajstić information content (AvgIpc) is 2.93. The van der Waals surface area contributed by atoms with E-state index in [9.17, 15) is 14.4 Å². The lowest BCUT2D eigenvalue weighted by Gasteiger charge is -2.29. The first kappa shape index (κ1) is 19.4. The van der Waals surface area contributed by atoms with Gasteiger partial charge in [-0.1, -0.05) is 13.0 Å². The number of aliphatic carboxylic acids is 1. The van der Waals surface area contributed by atoms with E-state index in [1.165, 1.54) is 16.7 Å². The van der Waals surface area contributed by atoms with Gasteiger partial charge in [0.15, 0.2) is 0 Å². The number of likely N-dealkylation sites (tertiary alicyclic amines) is 1. The van der Waals surface area contributed by atoms with E-state index in [0.717, 1.165) is 19.3 Å². The fraction of sp³-hybridized carbons (Fsp3) is 0.611. The Kier molecular flexibility index (Phi) is 6.99. The normalized spacial score (nSPS) is 19.1. The maximum atomic E-state index is 12.7. The fourth-order valence-corrected chi connectivity index (χ4v) is 4.22. The average molecular weight is 366 g/mol. The molecule has 1 fully saturated rings. The summed E-state index contributed by atoms with van der Waals surface area (Å²) in [5.74, 6) is -1.16. The van der Waals surface area contributed by atoms with Crippen LogP contribution >= 0.6 is 11.3 Å². The molecule has 1 N–H and O–H groups in total. The van der Waals surface area contributed by atoms with E-state index < -0.39 is 5.97 Å². The minimum absolute atomic E-state index is 0.0712. The number of carboxylic acid groups (broad SMARTS) is 1. The molecule has 0 saturated carbocycles. The van der Waals surface area contributed by atoms with Gasteiger partial charge in [-0.3, -0.25) is 14.4 Å². The minimum atomic E-state index is -1.00. The summed E-state index contributed by atoms with van der Waals surface area (Å²) in [5, 5.41) is 11.0. The van der Waals surface area contributed by atoms with Crippen LogP contribution in [0.3, 0.4) is 0 Å². The van der Waals surface area contributed by atoms with Crippen molar-refractivity contribution in [3.05, 3.63) is 22.4 Å². The first-order valence-electron chi connectivity index (χ1n) is 8.68. The summed E-state index contributed by atoms with van der Waals surface area (Å²) in [6, 6.07) is 3.93. The van der Waals surface area contributed by atoms with E-state index in [1.54, 1.807) is 11.3 Å². The molecular weight excluding hydrogens is 340 g/mol. The maximum Gasteiger partial charge on any atom is 0.323 e. The minimum Gasteiger partial charge on any atom is -0.480 e. The molecule has 7 heteroatoms. The number of amides is 2. The van der Waals surface area contributed by atoms with Crippen molar-refractivity contribution >= 4 is 29.1 Å². The van der Waals surface area contributed by atoms with E-state index in [-0.39, 0.29) is 30.3 Å². The lowest BCUT2D eigenvalue weighted by atomic mass is 10.1. The number of carboxylic acids is 1. The third-order valence-electron chi connectivity index (χ3n) is 4.67. The van der Waals surface area contributed by atoms with Gasteiger partial charge in [0.05, 0.1) is 0 Å². The van der Waals surface area contributed by atoms with Gasteiger partial charge in [-0.25, -0.2) is 0 Å². The van der Waals surface area contributed by atoms with Gasteiger partial charge in [0.1, 0.15) is 6.54 Å². The molecule has 2 atom stereocenters. The number of nitrogens with zero attached hydrogens (tertiary/aromatic N) is 2. The Labute approximate surface area is 152 Å². The van der Waals surface area contributed by atoms with Gasteiger partial charge < -0.3 is 14.9 Å². The van der Waals surface area contributed by atoms with Crippen LogP contribution in [0.5, 0.6) is 0 Å². The third kappa shape index (κ3) is 5.56. The van der Waals surface area contributed by atoms with Crippen molar-refractivity contribution < 1.29 is 19.5 Å². The molecule has 138 valence electrons. The molecule has 1 saturated heterocycles. The number of thiophene rings is 1. The predicted octanol–water partition coefficient (Wildman–Crippen LogP) is 2.24. The molecule has 25 heavy (non-hydrogen) atoms. The number of hydrogen-bond donors (Lipinski definition) is 1. The molecule has 0 unspecified atom stereocenters. The predicted molar refractivity (Wildman–Crippen MR) is 96.4 cm³/mol. The third-order valence-corrected chi connectivity index (χ3v) is 5.57. The number of hydrogen-bond acceptors (Lipinski definition) is 4. The summed E-state index contributed by atoms with van der Waals surface area (Å²) in [6.07, 6.45) is 2.89. The molecule has 2 amide bonds. The van der Waals surface area contributed by atoms with Crippen molar-refractivity contribution in [3.63, 3.8) is 0 Å². The zero-order valence-corrected chi connectivity index (χ0v) is 15.6. The molecule has 1 aromatic heterocycles. The van der Waals surface area contributed by atoms with Crippen molar-refractivity contribution in [1.82, 2.24) is 9.80 Å². The summed E-state index contributed by atoms with van der Waals surface area (Å²) in [5.41, 5.74) is 0. The number of rotatable bonds is 6. The summed E-state index contributed by atoms with van der Waals surface area (Å²) < 4.78 is 0. The van der Waals surface area contributed by atoms with Crippen LogP contribution in [0.4, 0.5) is 0 Å². The first-order valence-corrected chi connectivity index (χ1v) is 9.56. The second-order valence-electron chi connectivity index (χ2n) is 6.64. The van der Waals surface area contributed by atoms with Crippen LogP contribution < -0.4 is 0 Å².